The van der Waals surface area contributed by atoms with Gasteiger partial charge in [-0.2, -0.15) is 0 Å². The van der Waals surface area contributed by atoms with Crippen LogP contribution in [0, 0.1) is 38.5 Å². The van der Waals surface area contributed by atoms with E-state index in [2.05, 4.69) is 221 Å². The predicted octanol–water partition coefficient (Wildman–Crippen LogP) is 24.8. The maximum atomic E-state index is 4.64. The number of hydrogen-bond acceptors (Lipinski definition) is 13. The Labute approximate surface area is 515 Å². The number of thiazole rings is 2. The van der Waals surface area contributed by atoms with Crippen LogP contribution in [0.3, 0.4) is 0 Å². The Morgan fingerprint density at radius 3 is 1.31 bits per heavy atom. The molecule has 2 nitrogen and oxygen atoms in total. The van der Waals surface area contributed by atoms with E-state index in [1.165, 1.54) is 153 Å². The quantitative estimate of drug-likeness (QED) is 0.164. The van der Waals surface area contributed by atoms with Crippen LogP contribution in [0.2, 0.25) is 0 Å². The zero-order valence-electron chi connectivity index (χ0n) is 34.6. The first-order valence-electron chi connectivity index (χ1n) is 20.1. The highest BCUT2D eigenvalue weighted by Crippen LogP contribution is 2.58. The predicted molar refractivity (Wildman–Crippen MR) is 358 cm³/mol. The summed E-state index contributed by atoms with van der Waals surface area (Å²) in [7, 11) is 0. The molecule has 0 fully saturated rings. The zero-order valence-corrected chi connectivity index (χ0v) is 58.0. The molecular formula is C47H20Br5I3N2S11. The SMILES string of the molecule is Cc1cc(I)c(C2=C(Br)c3sc4cc5c(cc4c3C2)sc2c(Br)c(-c3sc(C)cc3I)sc25)s1.Cc1nc(Br)c(-c2sc3c(sc4cc5c(cc43)sc3c(Br)c(-c4sc(C)nc4I)sc35)c2Br)s1. The van der Waals surface area contributed by atoms with Gasteiger partial charge in [-0.05, 0) is 228 Å². The van der Waals surface area contributed by atoms with Crippen LogP contribution in [-0.2, 0) is 6.42 Å². The van der Waals surface area contributed by atoms with Gasteiger partial charge in [-0.25, -0.2) is 9.97 Å². The normalized spacial score (nSPS) is 13.2. The van der Waals surface area contributed by atoms with E-state index < -0.39 is 0 Å². The summed E-state index contributed by atoms with van der Waals surface area (Å²) >= 11 is 47.4. The largest absolute Gasteiger partial charge is 0.235 e. The molecule has 68 heavy (non-hydrogen) atoms. The summed E-state index contributed by atoms with van der Waals surface area (Å²) in [4.78, 5) is 22.6. The molecule has 14 rings (SSSR count). The highest BCUT2D eigenvalue weighted by Gasteiger charge is 2.30. The van der Waals surface area contributed by atoms with E-state index >= 15 is 0 Å². The Balaban J connectivity index is 0.000000134. The second kappa shape index (κ2) is 18.4. The molecule has 0 aliphatic heterocycles. The third-order valence-corrected chi connectivity index (χ3v) is 34.4. The summed E-state index contributed by atoms with van der Waals surface area (Å²) < 4.78 is 23.3. The molecule has 0 spiro atoms. The van der Waals surface area contributed by atoms with Crippen LogP contribution in [0.15, 0.2) is 54.4 Å². The summed E-state index contributed by atoms with van der Waals surface area (Å²) in [6.45, 7) is 8.53. The highest BCUT2D eigenvalue weighted by atomic mass is 127. The van der Waals surface area contributed by atoms with Gasteiger partial charge in [0.25, 0.3) is 0 Å². The van der Waals surface area contributed by atoms with Crippen molar-refractivity contribution in [3.05, 3.63) is 100 Å². The number of benzene rings is 2. The van der Waals surface area contributed by atoms with Gasteiger partial charge >= 0.3 is 0 Å². The van der Waals surface area contributed by atoms with Crippen LogP contribution in [0.5, 0.6) is 0 Å². The minimum atomic E-state index is 0.932. The second-order valence-corrected chi connectivity index (χ2v) is 35.3. The fourth-order valence-electron chi connectivity index (χ4n) is 8.62. The van der Waals surface area contributed by atoms with Gasteiger partial charge in [0, 0.05) is 72.5 Å². The van der Waals surface area contributed by atoms with Crippen molar-refractivity contribution in [1.82, 2.24) is 9.97 Å². The first-order chi connectivity index (χ1) is 32.6. The van der Waals surface area contributed by atoms with E-state index in [1.54, 1.807) is 22.7 Å². The number of rotatable bonds is 4. The van der Waals surface area contributed by atoms with Gasteiger partial charge in [0.15, 0.2) is 0 Å². The molecule has 0 bridgehead atoms. The number of fused-ring (bicyclic) bond motifs is 12. The summed E-state index contributed by atoms with van der Waals surface area (Å²) in [5, 5.41) is 7.71. The van der Waals surface area contributed by atoms with E-state index in [-0.39, 0.29) is 0 Å². The summed E-state index contributed by atoms with van der Waals surface area (Å²) in [6.07, 6.45) is 1.02. The van der Waals surface area contributed by atoms with Crippen molar-refractivity contribution in [3.63, 3.8) is 0 Å². The number of aromatic nitrogens is 2. The fourth-order valence-corrected chi connectivity index (χ4v) is 30.8. The lowest BCUT2D eigenvalue weighted by atomic mass is 10.1. The summed E-state index contributed by atoms with van der Waals surface area (Å²) in [6, 6.07) is 14.3. The molecule has 2 aromatic carbocycles. The molecule has 340 valence electrons. The van der Waals surface area contributed by atoms with E-state index in [1.807, 2.05) is 102 Å². The lowest BCUT2D eigenvalue weighted by Crippen LogP contribution is -1.84. The number of hydrogen-bond donors (Lipinski definition) is 0. The van der Waals surface area contributed by atoms with Gasteiger partial charge in [-0.15, -0.1) is 125 Å². The van der Waals surface area contributed by atoms with Crippen molar-refractivity contribution in [3.8, 4) is 29.3 Å². The molecule has 0 saturated heterocycles. The van der Waals surface area contributed by atoms with E-state index in [0.717, 1.165) is 24.7 Å². The number of allylic oxidation sites excluding steroid dienone is 1. The van der Waals surface area contributed by atoms with Gasteiger partial charge in [-0.1, -0.05) is 0 Å². The molecule has 1 aliphatic rings. The molecule has 13 aromatic rings. The van der Waals surface area contributed by atoms with Gasteiger partial charge in [0.2, 0.25) is 0 Å². The Morgan fingerprint density at radius 1 is 0.412 bits per heavy atom. The van der Waals surface area contributed by atoms with Gasteiger partial charge in [-0.3, -0.25) is 0 Å². The maximum Gasteiger partial charge on any atom is 0.126 e. The monoisotopic (exact) mass is 1740 g/mol. The number of nitrogens with zero attached hydrogens (tertiary/aromatic N) is 2. The molecule has 1 aliphatic carbocycles. The first kappa shape index (κ1) is 48.8. The zero-order chi connectivity index (χ0) is 46.9. The molecule has 0 atom stereocenters. The first-order valence-corrected chi connectivity index (χ1v) is 36.3. The van der Waals surface area contributed by atoms with Crippen molar-refractivity contribution < 1.29 is 0 Å². The van der Waals surface area contributed by atoms with Crippen LogP contribution in [0.4, 0.5) is 0 Å². The average molecular weight is 1750 g/mol. The summed E-state index contributed by atoms with van der Waals surface area (Å²) in [5.74, 6) is 0. The highest BCUT2D eigenvalue weighted by molar-refractivity contribution is 14.1. The second-order valence-electron chi connectivity index (χ2n) is 15.9. The average Bonchev–Trinajstić information content (AvgIpc) is 4.16. The van der Waals surface area contributed by atoms with Crippen molar-refractivity contribution in [1.29, 1.82) is 0 Å². The van der Waals surface area contributed by atoms with Crippen LogP contribution < -0.4 is 0 Å². The fraction of sp³-hybridized carbons (Fsp3) is 0.106. The Bertz CT molecular complexity index is 4220. The lowest BCUT2D eigenvalue weighted by molar-refractivity contribution is 1.26. The molecule has 0 unspecified atom stereocenters. The van der Waals surface area contributed by atoms with Gasteiger partial charge < -0.3 is 0 Å². The molecule has 11 heterocycles. The number of thiophene rings is 9. The van der Waals surface area contributed by atoms with Crippen molar-refractivity contribution in [2.24, 2.45) is 0 Å². The molecule has 0 radical (unpaired) electrons. The van der Waals surface area contributed by atoms with Crippen LogP contribution in [0.1, 0.15) is 35.1 Å². The lowest BCUT2D eigenvalue weighted by Gasteiger charge is -2.02. The smallest absolute Gasteiger partial charge is 0.126 e. The summed E-state index contributed by atoms with van der Waals surface area (Å²) in [5.41, 5.74) is 2.94. The van der Waals surface area contributed by atoms with Gasteiger partial charge in [0.05, 0.1) is 80.9 Å². The number of halogens is 8. The Hall–Kier alpha value is 1.15. The molecule has 0 saturated carbocycles. The number of aryl methyl sites for hydroxylation is 4. The minimum Gasteiger partial charge on any atom is -0.235 e. The van der Waals surface area contributed by atoms with Crippen molar-refractivity contribution in [2.45, 2.75) is 34.1 Å². The van der Waals surface area contributed by atoms with E-state index in [9.17, 15) is 0 Å². The van der Waals surface area contributed by atoms with E-state index in [4.69, 9.17) is 0 Å². The third-order valence-electron chi connectivity index (χ3n) is 11.5. The molecular weight excluding hydrogens is 1730 g/mol. The molecule has 0 N–H and O–H groups in total. The van der Waals surface area contributed by atoms with E-state index in [0.29, 0.717) is 0 Å². The molecule has 11 aromatic heterocycles. The van der Waals surface area contributed by atoms with Crippen molar-refractivity contribution >= 4 is 351 Å². The Kier molecular flexibility index (Phi) is 13.2. The van der Waals surface area contributed by atoms with Crippen molar-refractivity contribution in [2.75, 3.05) is 0 Å². The minimum absolute atomic E-state index is 0.932. The molecule has 0 amide bonds. The third kappa shape index (κ3) is 7.88. The Morgan fingerprint density at radius 2 is 0.853 bits per heavy atom. The maximum absolute atomic E-state index is 4.64. The van der Waals surface area contributed by atoms with Gasteiger partial charge in [0.1, 0.15) is 8.30 Å². The van der Waals surface area contributed by atoms with Crippen LogP contribution in [0.25, 0.3) is 108 Å². The van der Waals surface area contributed by atoms with Crippen LogP contribution in [-0.4, -0.2) is 9.97 Å². The topological polar surface area (TPSA) is 25.8 Å². The van der Waals surface area contributed by atoms with Crippen LogP contribution >= 0.6 is 272 Å². The molecule has 21 heteroatoms. The standard InChI is InChI=1S/C25H12Br2I2S5.C22H8Br3IN2S6/c1-8-3-14(28)20(30-8)13-5-11-10-6-17-12(7-16(10)32-21(11)18(13)26)22-24(33-17)19(27)25(34-22)23-15(29)4-9(2)31-23;1-5-27-21(25)19(29-5)17-11(23)15-13(33-17)7-3-10-8(4-9(7)31-15)14-16(32-10)12(24)18(34-14)20-22(26)28-6(2)30-20/h3-4,6-7H,5H2,1-2H3;3-4H,1-2H3.